The number of hydrogen-bond donors (Lipinski definition) is 3. The molecule has 0 atom stereocenters. The summed E-state index contributed by atoms with van der Waals surface area (Å²) >= 11 is 0. The second-order valence-corrected chi connectivity index (χ2v) is 17.4. The SMILES string of the molecule is O=C([O-])CCCCCCC/C=C\CCCCCCCCO.O=C([O-])CCCCCCC/C=C\CCCCCCCCO.O=C([O-])CCCCCCC/C=C\CCCCCCCCO.[Ce+3]. The Labute approximate surface area is 427 Å². The van der Waals surface area contributed by atoms with Crippen LogP contribution in [0.2, 0.25) is 0 Å². The molecule has 0 amide bonds. The van der Waals surface area contributed by atoms with Crippen LogP contribution in [0.1, 0.15) is 270 Å². The van der Waals surface area contributed by atoms with E-state index in [1.54, 1.807) is 0 Å². The quantitative estimate of drug-likeness (QED) is 0.0395. The Hall–Kier alpha value is -1.11. The summed E-state index contributed by atoms with van der Waals surface area (Å²) in [5.41, 5.74) is 0. The Kier molecular flexibility index (Phi) is 71.8. The van der Waals surface area contributed by atoms with Gasteiger partial charge in [-0.15, -0.1) is 0 Å². The first kappa shape index (κ1) is 69.5. The van der Waals surface area contributed by atoms with Gasteiger partial charge in [0.05, 0.1) is 0 Å². The largest absolute Gasteiger partial charge is 3.00 e. The summed E-state index contributed by atoms with van der Waals surface area (Å²) in [6, 6.07) is 0. The van der Waals surface area contributed by atoms with E-state index in [4.69, 9.17) is 15.3 Å². The van der Waals surface area contributed by atoms with Crippen LogP contribution in [0, 0.1) is 41.7 Å². The minimum Gasteiger partial charge on any atom is -0.550 e. The molecule has 0 fully saturated rings. The van der Waals surface area contributed by atoms with E-state index in [-0.39, 0.29) is 61.0 Å². The zero-order valence-corrected chi connectivity index (χ0v) is 44.2. The van der Waals surface area contributed by atoms with Crippen molar-refractivity contribution < 1.29 is 86.8 Å². The topological polar surface area (TPSA) is 181 Å². The van der Waals surface area contributed by atoms with Crippen molar-refractivity contribution >= 4 is 17.9 Å². The molecule has 64 heavy (non-hydrogen) atoms. The van der Waals surface area contributed by atoms with Crippen LogP contribution in [-0.2, 0) is 14.4 Å². The molecule has 0 saturated heterocycles. The van der Waals surface area contributed by atoms with E-state index in [9.17, 15) is 29.7 Å². The number of hydrogen-bond acceptors (Lipinski definition) is 9. The van der Waals surface area contributed by atoms with Gasteiger partial charge in [-0.05, 0) is 135 Å². The maximum Gasteiger partial charge on any atom is 3.00 e. The van der Waals surface area contributed by atoms with Gasteiger partial charge < -0.3 is 45.0 Å². The maximum atomic E-state index is 10.2. The number of carbonyl (C=O) groups excluding carboxylic acids is 3. The van der Waals surface area contributed by atoms with Crippen LogP contribution in [-0.4, -0.2) is 53.0 Å². The van der Waals surface area contributed by atoms with Crippen LogP contribution in [0.4, 0.5) is 0 Å². The molecule has 0 aliphatic heterocycles. The van der Waals surface area contributed by atoms with Crippen molar-refractivity contribution in [1.82, 2.24) is 0 Å². The predicted molar refractivity (Wildman–Crippen MR) is 258 cm³/mol. The zero-order chi connectivity index (χ0) is 46.8. The van der Waals surface area contributed by atoms with Crippen molar-refractivity contribution in [2.45, 2.75) is 270 Å². The maximum absolute atomic E-state index is 10.2. The molecular formula is C54H99CeO9. The van der Waals surface area contributed by atoms with Crippen LogP contribution in [0.5, 0.6) is 0 Å². The van der Waals surface area contributed by atoms with E-state index >= 15 is 0 Å². The number of rotatable bonds is 48. The number of unbranched alkanes of at least 4 members (excludes halogenated alkanes) is 33. The van der Waals surface area contributed by atoms with E-state index < -0.39 is 17.9 Å². The molecule has 0 aliphatic carbocycles. The second kappa shape index (κ2) is 66.2. The molecule has 1 radical (unpaired) electrons. The summed E-state index contributed by atoms with van der Waals surface area (Å²) in [4.78, 5) is 30.7. The fourth-order valence-corrected chi connectivity index (χ4v) is 7.14. The average molecular weight is 1030 g/mol. The van der Waals surface area contributed by atoms with Crippen LogP contribution < -0.4 is 15.3 Å². The molecule has 0 aromatic heterocycles. The van der Waals surface area contributed by atoms with E-state index in [1.165, 1.54) is 135 Å². The van der Waals surface area contributed by atoms with E-state index in [2.05, 4.69) is 36.5 Å². The summed E-state index contributed by atoms with van der Waals surface area (Å²) in [6.45, 7) is 0.999. The number of aliphatic hydroxyl groups is 3. The van der Waals surface area contributed by atoms with Crippen LogP contribution in [0.3, 0.4) is 0 Å². The van der Waals surface area contributed by atoms with Gasteiger partial charge in [-0.25, -0.2) is 0 Å². The van der Waals surface area contributed by atoms with Crippen molar-refractivity contribution in [3.8, 4) is 0 Å². The van der Waals surface area contributed by atoms with Gasteiger partial charge in [0.1, 0.15) is 0 Å². The fraction of sp³-hybridized carbons (Fsp3) is 0.833. The van der Waals surface area contributed by atoms with Crippen molar-refractivity contribution in [2.24, 2.45) is 0 Å². The van der Waals surface area contributed by atoms with Gasteiger partial charge in [-0.3, -0.25) is 0 Å². The van der Waals surface area contributed by atoms with Crippen molar-refractivity contribution in [3.05, 3.63) is 36.5 Å². The van der Waals surface area contributed by atoms with Crippen molar-refractivity contribution in [3.63, 3.8) is 0 Å². The summed E-state index contributed by atoms with van der Waals surface area (Å²) in [7, 11) is 0. The smallest absolute Gasteiger partial charge is 0.550 e. The van der Waals surface area contributed by atoms with Crippen molar-refractivity contribution in [2.75, 3.05) is 19.8 Å². The number of carboxylic acids is 3. The molecule has 3 N–H and O–H groups in total. The number of aliphatic carboxylic acids is 3. The zero-order valence-electron chi connectivity index (χ0n) is 41.1. The second-order valence-electron chi connectivity index (χ2n) is 17.4. The Bertz CT molecular complexity index is 878. The minimum atomic E-state index is -0.925. The van der Waals surface area contributed by atoms with Crippen LogP contribution in [0.15, 0.2) is 36.5 Å². The third kappa shape index (κ3) is 78.1. The molecule has 9 nitrogen and oxygen atoms in total. The Morgan fingerprint density at radius 3 is 0.547 bits per heavy atom. The first-order valence-electron chi connectivity index (χ1n) is 26.2. The van der Waals surface area contributed by atoms with Gasteiger partial charge in [-0.1, -0.05) is 171 Å². The van der Waals surface area contributed by atoms with Gasteiger partial charge >= 0.3 is 41.7 Å². The Morgan fingerprint density at radius 2 is 0.391 bits per heavy atom. The minimum absolute atomic E-state index is 0. The number of aliphatic hydroxyl groups excluding tert-OH is 3. The Balaban J connectivity index is -0.000000419. The summed E-state index contributed by atoms with van der Waals surface area (Å²) in [6.07, 6.45) is 59.0. The molecule has 0 saturated carbocycles. The third-order valence-corrected chi connectivity index (χ3v) is 11.1. The predicted octanol–water partition coefficient (Wildman–Crippen LogP) is 11.2. The summed E-state index contributed by atoms with van der Waals surface area (Å²) in [5.74, 6) is -2.77. The van der Waals surface area contributed by atoms with Gasteiger partial charge in [0.25, 0.3) is 0 Å². The van der Waals surface area contributed by atoms with Gasteiger partial charge in [0, 0.05) is 37.7 Å². The van der Waals surface area contributed by atoms with Crippen molar-refractivity contribution in [1.29, 1.82) is 0 Å². The van der Waals surface area contributed by atoms with E-state index in [0.29, 0.717) is 19.8 Å². The van der Waals surface area contributed by atoms with Gasteiger partial charge in [-0.2, -0.15) is 0 Å². The first-order valence-corrected chi connectivity index (χ1v) is 26.2. The molecule has 373 valence electrons. The van der Waals surface area contributed by atoms with Crippen LogP contribution in [0.25, 0.3) is 0 Å². The van der Waals surface area contributed by atoms with Crippen LogP contribution >= 0.6 is 0 Å². The Morgan fingerprint density at radius 1 is 0.250 bits per heavy atom. The average Bonchev–Trinajstić information content (AvgIpc) is 3.26. The summed E-state index contributed by atoms with van der Waals surface area (Å²) < 4.78 is 0. The normalized spacial score (nSPS) is 11.1. The first-order chi connectivity index (χ1) is 30.8. The molecule has 0 aromatic carbocycles. The van der Waals surface area contributed by atoms with Gasteiger partial charge in [0.2, 0.25) is 0 Å². The molecule has 0 aromatic rings. The molecule has 10 heteroatoms. The molecule has 0 heterocycles. The summed E-state index contributed by atoms with van der Waals surface area (Å²) in [5, 5.41) is 56.6. The monoisotopic (exact) mass is 1030 g/mol. The van der Waals surface area contributed by atoms with Gasteiger partial charge in [0.15, 0.2) is 0 Å². The fourth-order valence-electron chi connectivity index (χ4n) is 7.14. The molecule has 0 spiro atoms. The van der Waals surface area contributed by atoms with E-state index in [0.717, 1.165) is 116 Å². The number of carbonyl (C=O) groups is 3. The standard InChI is InChI=1S/3C18H34O3.Ce/c3*19-17-15-13-11-9-7-5-3-1-2-4-6-8-10-12-14-16-18(20)21;/h3*1-2,19H,3-17H2,(H,20,21);/q;;;+3/p-3/b3*2-1-;. The molecule has 0 rings (SSSR count). The molecular weight excluding hydrogens is 933 g/mol. The number of carboxylic acid groups (broad SMARTS) is 3. The number of allylic oxidation sites excluding steroid dienone is 6. The van der Waals surface area contributed by atoms with E-state index in [1.807, 2.05) is 0 Å². The molecule has 0 unspecified atom stereocenters. The molecule has 0 aliphatic rings. The third-order valence-electron chi connectivity index (χ3n) is 11.1. The molecule has 0 bridgehead atoms.